The third-order valence-electron chi connectivity index (χ3n) is 1.99. The van der Waals surface area contributed by atoms with E-state index in [0.717, 1.165) is 11.8 Å². The van der Waals surface area contributed by atoms with Crippen molar-refractivity contribution in [3.63, 3.8) is 0 Å². The van der Waals surface area contributed by atoms with Gasteiger partial charge in [-0.05, 0) is 13.8 Å². The summed E-state index contributed by atoms with van der Waals surface area (Å²) in [5.74, 6) is 0.153. The highest BCUT2D eigenvalue weighted by molar-refractivity contribution is 8.16. The second kappa shape index (κ2) is 3.42. The molecule has 1 unspecified atom stereocenters. The molecule has 0 bridgehead atoms. The molecule has 2 nitrogen and oxygen atoms in total. The zero-order valence-corrected chi connectivity index (χ0v) is 8.52. The predicted octanol–water partition coefficient (Wildman–Crippen LogP) is 2.59. The van der Waals surface area contributed by atoms with Crippen molar-refractivity contribution in [1.82, 2.24) is 0 Å². The molecule has 70 valence electrons. The summed E-state index contributed by atoms with van der Waals surface area (Å²) in [5, 5.41) is 9.60. The molecule has 13 heavy (non-hydrogen) atoms. The summed E-state index contributed by atoms with van der Waals surface area (Å²) < 4.78 is -0.602. The first-order valence-corrected chi connectivity index (χ1v) is 4.77. The van der Waals surface area contributed by atoms with Gasteiger partial charge in [0.15, 0.2) is 0 Å². The van der Waals surface area contributed by atoms with Crippen LogP contribution in [0.4, 0.5) is 0 Å². The smallest absolute Gasteiger partial charge is 0.219 e. The molecule has 0 radical (unpaired) electrons. The molecule has 1 N–H and O–H groups in total. The minimum Gasteiger partial charge on any atom is -0.510 e. The number of allylic oxidation sites excluding steroid dienone is 2. The third-order valence-corrected chi connectivity index (χ3v) is 3.23. The third kappa shape index (κ3) is 1.70. The fourth-order valence-electron chi connectivity index (χ4n) is 1.15. The van der Waals surface area contributed by atoms with Crippen molar-refractivity contribution < 1.29 is 9.90 Å². The number of hydrogen-bond acceptors (Lipinski definition) is 3. The summed E-state index contributed by atoms with van der Waals surface area (Å²) in [6.45, 7) is 6.98. The van der Waals surface area contributed by atoms with Gasteiger partial charge in [-0.15, -0.1) is 0 Å². The van der Waals surface area contributed by atoms with Gasteiger partial charge in [-0.2, -0.15) is 0 Å². The highest BCUT2D eigenvalue weighted by Gasteiger charge is 2.39. The lowest BCUT2D eigenvalue weighted by atomic mass is 10.1. The zero-order valence-electron chi connectivity index (χ0n) is 7.70. The van der Waals surface area contributed by atoms with E-state index < -0.39 is 4.75 Å². The number of carbonyl (C=O) groups is 1. The number of aliphatic hydroxyl groups is 1. The minimum absolute atomic E-state index is 0.0614. The summed E-state index contributed by atoms with van der Waals surface area (Å²) in [6, 6.07) is 0. The number of thioether (sulfide) groups is 1. The first-order chi connectivity index (χ1) is 6.01. The molecule has 1 aliphatic rings. The zero-order chi connectivity index (χ0) is 10.1. The van der Waals surface area contributed by atoms with Crippen molar-refractivity contribution in [2.24, 2.45) is 0 Å². The molecule has 1 aliphatic heterocycles. The number of rotatable bonds is 2. The highest BCUT2D eigenvalue weighted by atomic mass is 32.2. The summed E-state index contributed by atoms with van der Waals surface area (Å²) >= 11 is 1.13. The van der Waals surface area contributed by atoms with E-state index in [9.17, 15) is 9.90 Å². The summed E-state index contributed by atoms with van der Waals surface area (Å²) in [5.41, 5.74) is 0.446. The Morgan fingerprint density at radius 3 is 2.62 bits per heavy atom. The van der Waals surface area contributed by atoms with Gasteiger partial charge in [0.1, 0.15) is 5.76 Å². The molecule has 3 heteroatoms. The molecule has 1 rings (SSSR count). The monoisotopic (exact) mass is 196 g/mol. The van der Waals surface area contributed by atoms with Gasteiger partial charge in [-0.25, -0.2) is 0 Å². The molecule has 0 fully saturated rings. The molecule has 0 aromatic rings. The first-order valence-electron chi connectivity index (χ1n) is 3.95. The van der Waals surface area contributed by atoms with Gasteiger partial charge in [-0.1, -0.05) is 36.6 Å². The highest BCUT2D eigenvalue weighted by Crippen LogP contribution is 2.42. The van der Waals surface area contributed by atoms with E-state index in [4.69, 9.17) is 0 Å². The van der Waals surface area contributed by atoms with Gasteiger partial charge in [-0.3, -0.25) is 4.79 Å². The van der Waals surface area contributed by atoms with Crippen molar-refractivity contribution in [1.29, 1.82) is 0 Å². The summed E-state index contributed by atoms with van der Waals surface area (Å²) in [4.78, 5) is 11.2. The summed E-state index contributed by atoms with van der Waals surface area (Å²) in [7, 11) is 0. The van der Waals surface area contributed by atoms with E-state index in [2.05, 4.69) is 6.58 Å². The van der Waals surface area contributed by atoms with Gasteiger partial charge < -0.3 is 5.11 Å². The largest absolute Gasteiger partial charge is 0.510 e. The van der Waals surface area contributed by atoms with Crippen molar-refractivity contribution in [3.05, 3.63) is 36.1 Å². The molecule has 0 aromatic carbocycles. The van der Waals surface area contributed by atoms with Gasteiger partial charge in [0, 0.05) is 5.57 Å². The second-order valence-electron chi connectivity index (χ2n) is 3.06. The Morgan fingerprint density at radius 1 is 1.62 bits per heavy atom. The molecule has 0 aliphatic carbocycles. The van der Waals surface area contributed by atoms with E-state index in [1.165, 1.54) is 0 Å². The Bertz CT molecular complexity index is 315. The second-order valence-corrected chi connectivity index (χ2v) is 4.49. The lowest BCUT2D eigenvalue weighted by Gasteiger charge is -2.16. The van der Waals surface area contributed by atoms with Crippen LogP contribution in [0.25, 0.3) is 0 Å². The standard InChI is InChI=1S/C10H12O2S/c1-4-5-6-10(3)8(11)7(2)9(12)13-10/h4-6,11H,1H2,2-3H3/b6-5+. The van der Waals surface area contributed by atoms with Gasteiger partial charge in [0.2, 0.25) is 5.12 Å². The maximum absolute atomic E-state index is 11.2. The summed E-state index contributed by atoms with van der Waals surface area (Å²) in [6.07, 6.45) is 5.13. The van der Waals surface area contributed by atoms with Gasteiger partial charge in [0.05, 0.1) is 4.75 Å². The van der Waals surface area contributed by atoms with Crippen LogP contribution < -0.4 is 0 Å². The SMILES string of the molecule is C=C/C=C/C1(C)SC(=O)C(C)=C1O. The fraction of sp³-hybridized carbons (Fsp3) is 0.300. The Balaban J connectivity index is 3.03. The predicted molar refractivity (Wildman–Crippen MR) is 55.7 cm³/mol. The van der Waals surface area contributed by atoms with Crippen LogP contribution in [0.5, 0.6) is 0 Å². The molecular weight excluding hydrogens is 184 g/mol. The van der Waals surface area contributed by atoms with Crippen molar-refractivity contribution in [3.8, 4) is 0 Å². The van der Waals surface area contributed by atoms with Gasteiger partial charge >= 0.3 is 0 Å². The van der Waals surface area contributed by atoms with E-state index in [0.29, 0.717) is 5.57 Å². The fourth-order valence-corrected chi connectivity index (χ4v) is 2.18. The molecule has 0 saturated heterocycles. The molecule has 0 spiro atoms. The van der Waals surface area contributed by atoms with Crippen LogP contribution in [0.3, 0.4) is 0 Å². The van der Waals surface area contributed by atoms with Crippen LogP contribution in [-0.2, 0) is 4.79 Å². The van der Waals surface area contributed by atoms with Crippen molar-refractivity contribution in [2.75, 3.05) is 0 Å². The molecule has 1 atom stereocenters. The van der Waals surface area contributed by atoms with Crippen LogP contribution in [0, 0.1) is 0 Å². The van der Waals surface area contributed by atoms with E-state index in [1.54, 1.807) is 32.1 Å². The Kier molecular flexibility index (Phi) is 2.66. The van der Waals surface area contributed by atoms with Crippen LogP contribution in [0.1, 0.15) is 13.8 Å². The Labute approximate surface area is 82.0 Å². The number of carbonyl (C=O) groups excluding carboxylic acids is 1. The van der Waals surface area contributed by atoms with Crippen LogP contribution in [0.15, 0.2) is 36.1 Å². The lowest BCUT2D eigenvalue weighted by molar-refractivity contribution is -0.107. The van der Waals surface area contributed by atoms with E-state index >= 15 is 0 Å². The Hall–Kier alpha value is -0.960. The normalized spacial score (nSPS) is 28.9. The van der Waals surface area contributed by atoms with Crippen LogP contribution >= 0.6 is 11.8 Å². The maximum Gasteiger partial charge on any atom is 0.219 e. The van der Waals surface area contributed by atoms with E-state index in [1.807, 2.05) is 0 Å². The molecule has 0 saturated carbocycles. The minimum atomic E-state index is -0.602. The quantitative estimate of drug-likeness (QED) is 0.690. The topological polar surface area (TPSA) is 37.3 Å². The Morgan fingerprint density at radius 2 is 2.23 bits per heavy atom. The first kappa shape index (κ1) is 10.1. The van der Waals surface area contributed by atoms with Crippen LogP contribution in [-0.4, -0.2) is 15.0 Å². The molecular formula is C10H12O2S. The average molecular weight is 196 g/mol. The van der Waals surface area contributed by atoms with Crippen LogP contribution in [0.2, 0.25) is 0 Å². The molecule has 0 aromatic heterocycles. The maximum atomic E-state index is 11.2. The number of aliphatic hydroxyl groups excluding tert-OH is 1. The van der Waals surface area contributed by atoms with Crippen molar-refractivity contribution in [2.45, 2.75) is 18.6 Å². The van der Waals surface area contributed by atoms with E-state index in [-0.39, 0.29) is 10.9 Å². The average Bonchev–Trinajstić information content (AvgIpc) is 2.28. The van der Waals surface area contributed by atoms with Crippen molar-refractivity contribution >= 4 is 16.9 Å². The lowest BCUT2D eigenvalue weighted by Crippen LogP contribution is -2.16. The molecule has 0 amide bonds. The molecule has 1 heterocycles. The van der Waals surface area contributed by atoms with Gasteiger partial charge in [0.25, 0.3) is 0 Å². The number of hydrogen-bond donors (Lipinski definition) is 1.